The fourth-order valence-corrected chi connectivity index (χ4v) is 4.93. The van der Waals surface area contributed by atoms with Crippen molar-refractivity contribution >= 4 is 51.2 Å². The zero-order valence-electron chi connectivity index (χ0n) is 17.9. The molecule has 172 valence electrons. The van der Waals surface area contributed by atoms with Crippen LogP contribution in [0.1, 0.15) is 5.56 Å². The van der Waals surface area contributed by atoms with E-state index >= 15 is 0 Å². The normalized spacial score (nSPS) is 11.4. The van der Waals surface area contributed by atoms with Crippen LogP contribution in [0.3, 0.4) is 0 Å². The quantitative estimate of drug-likeness (QED) is 0.265. The minimum absolute atomic E-state index is 0.0252. The van der Waals surface area contributed by atoms with E-state index in [9.17, 15) is 13.2 Å². The SMILES string of the molecule is COc1ccc(Cl)cc1N(CC(=O)N/N=C\c1ccc(SC)cc1)S(=O)(=O)c1ccccc1. The van der Waals surface area contributed by atoms with Crippen molar-refractivity contribution < 1.29 is 17.9 Å². The van der Waals surface area contributed by atoms with Gasteiger partial charge in [0, 0.05) is 9.92 Å². The van der Waals surface area contributed by atoms with E-state index in [0.29, 0.717) is 5.02 Å². The molecule has 1 N–H and O–H groups in total. The second-order valence-corrected chi connectivity index (χ2v) is 9.89. The third-order valence-electron chi connectivity index (χ3n) is 4.55. The van der Waals surface area contributed by atoms with Gasteiger partial charge in [0.15, 0.2) is 0 Å². The Morgan fingerprint density at radius 2 is 1.82 bits per heavy atom. The second kappa shape index (κ2) is 11.2. The Morgan fingerprint density at radius 3 is 2.45 bits per heavy atom. The van der Waals surface area contributed by atoms with Crippen LogP contribution in [0.4, 0.5) is 5.69 Å². The van der Waals surface area contributed by atoms with E-state index in [4.69, 9.17) is 16.3 Å². The van der Waals surface area contributed by atoms with Crippen LogP contribution in [0.15, 0.2) is 87.7 Å². The van der Waals surface area contributed by atoms with Gasteiger partial charge in [0.05, 0.1) is 23.9 Å². The molecule has 7 nitrogen and oxygen atoms in total. The summed E-state index contributed by atoms with van der Waals surface area (Å²) in [5, 5.41) is 4.25. The molecular formula is C23H22ClN3O4S2. The van der Waals surface area contributed by atoms with Crippen LogP contribution >= 0.6 is 23.4 Å². The van der Waals surface area contributed by atoms with Gasteiger partial charge in [-0.15, -0.1) is 11.8 Å². The van der Waals surface area contributed by atoms with Crippen molar-refractivity contribution in [3.05, 3.63) is 83.4 Å². The number of nitrogens with zero attached hydrogens (tertiary/aromatic N) is 2. The van der Waals surface area contributed by atoms with Crippen LogP contribution in [-0.2, 0) is 14.8 Å². The molecule has 0 unspecified atom stereocenters. The molecule has 10 heteroatoms. The molecule has 0 atom stereocenters. The van der Waals surface area contributed by atoms with Gasteiger partial charge in [0.25, 0.3) is 15.9 Å². The lowest BCUT2D eigenvalue weighted by Crippen LogP contribution is -2.39. The fourth-order valence-electron chi connectivity index (χ4n) is 2.91. The minimum Gasteiger partial charge on any atom is -0.495 e. The summed E-state index contributed by atoms with van der Waals surface area (Å²) in [5.74, 6) is -0.377. The number of anilines is 1. The van der Waals surface area contributed by atoms with E-state index in [1.807, 2.05) is 30.5 Å². The Bertz CT molecular complexity index is 1230. The zero-order chi connectivity index (χ0) is 23.8. The Labute approximate surface area is 202 Å². The Hall–Kier alpha value is -3.01. The highest BCUT2D eigenvalue weighted by Crippen LogP contribution is 2.34. The molecule has 0 aliphatic rings. The summed E-state index contributed by atoms with van der Waals surface area (Å²) in [5.41, 5.74) is 3.31. The van der Waals surface area contributed by atoms with Gasteiger partial charge in [-0.05, 0) is 54.3 Å². The van der Waals surface area contributed by atoms with Gasteiger partial charge in [0.2, 0.25) is 0 Å². The summed E-state index contributed by atoms with van der Waals surface area (Å²) in [6.07, 6.45) is 3.46. The highest BCUT2D eigenvalue weighted by molar-refractivity contribution is 7.98. The maximum absolute atomic E-state index is 13.4. The molecule has 33 heavy (non-hydrogen) atoms. The molecule has 3 rings (SSSR count). The summed E-state index contributed by atoms with van der Waals surface area (Å²) in [6.45, 7) is -0.531. The number of rotatable bonds is 9. The van der Waals surface area contributed by atoms with Crippen LogP contribution < -0.4 is 14.5 Å². The Balaban J connectivity index is 1.87. The lowest BCUT2D eigenvalue weighted by atomic mass is 10.2. The maximum atomic E-state index is 13.4. The van der Waals surface area contributed by atoms with Gasteiger partial charge in [0.1, 0.15) is 12.3 Å². The first kappa shape index (κ1) is 24.6. The number of halogens is 1. The number of ether oxygens (including phenoxy) is 1. The van der Waals surface area contributed by atoms with E-state index < -0.39 is 22.5 Å². The molecule has 0 aliphatic carbocycles. The van der Waals surface area contributed by atoms with Crippen LogP contribution in [0.5, 0.6) is 5.75 Å². The Kier molecular flexibility index (Phi) is 8.37. The van der Waals surface area contributed by atoms with Crippen LogP contribution in [0.25, 0.3) is 0 Å². The predicted octanol–water partition coefficient (Wildman–Crippen LogP) is 4.42. The molecule has 0 aromatic heterocycles. The van der Waals surface area contributed by atoms with Gasteiger partial charge in [-0.2, -0.15) is 5.10 Å². The van der Waals surface area contributed by atoms with Gasteiger partial charge in [-0.25, -0.2) is 13.8 Å². The lowest BCUT2D eigenvalue weighted by molar-refractivity contribution is -0.119. The van der Waals surface area contributed by atoms with Crippen molar-refractivity contribution in [1.29, 1.82) is 0 Å². The van der Waals surface area contributed by atoms with Crippen molar-refractivity contribution in [3.8, 4) is 5.75 Å². The third kappa shape index (κ3) is 6.28. The number of sulfonamides is 1. The number of carbonyl (C=O) groups excluding carboxylic acids is 1. The average Bonchev–Trinajstić information content (AvgIpc) is 2.83. The average molecular weight is 504 g/mol. The standard InChI is InChI=1S/C23H22ClN3O4S2/c1-31-22-13-10-18(24)14-21(22)27(33(29,30)20-6-4-3-5-7-20)16-23(28)26-25-15-17-8-11-19(32-2)12-9-17/h3-15H,16H2,1-2H3,(H,26,28)/b25-15-. The molecule has 0 aliphatic heterocycles. The highest BCUT2D eigenvalue weighted by atomic mass is 35.5. The number of hydrazone groups is 1. The molecule has 0 radical (unpaired) electrons. The second-order valence-electron chi connectivity index (χ2n) is 6.71. The number of methoxy groups -OCH3 is 1. The molecule has 0 heterocycles. The molecule has 3 aromatic carbocycles. The van der Waals surface area contributed by atoms with Gasteiger partial charge in [-0.3, -0.25) is 9.10 Å². The van der Waals surface area contributed by atoms with Crippen LogP contribution in [0, 0.1) is 0 Å². The molecule has 3 aromatic rings. The molecule has 0 saturated carbocycles. The van der Waals surface area contributed by atoms with Gasteiger partial charge in [-0.1, -0.05) is 41.9 Å². The van der Waals surface area contributed by atoms with E-state index in [1.165, 1.54) is 31.5 Å². The molecular weight excluding hydrogens is 482 g/mol. The number of hydrogen-bond acceptors (Lipinski definition) is 6. The molecule has 0 fully saturated rings. The van der Waals surface area contributed by atoms with Crippen LogP contribution in [-0.4, -0.2) is 40.4 Å². The smallest absolute Gasteiger partial charge is 0.264 e. The summed E-state index contributed by atoms with van der Waals surface area (Å²) < 4.78 is 33.1. The molecule has 0 bridgehead atoms. The van der Waals surface area contributed by atoms with E-state index in [-0.39, 0.29) is 16.3 Å². The summed E-state index contributed by atoms with van der Waals surface area (Å²) in [4.78, 5) is 13.8. The lowest BCUT2D eigenvalue weighted by Gasteiger charge is -2.25. The van der Waals surface area contributed by atoms with Crippen molar-refractivity contribution in [2.45, 2.75) is 9.79 Å². The summed E-state index contributed by atoms with van der Waals surface area (Å²) >= 11 is 7.74. The largest absolute Gasteiger partial charge is 0.495 e. The first-order valence-electron chi connectivity index (χ1n) is 9.72. The number of carbonyl (C=O) groups is 1. The van der Waals surface area contributed by atoms with Crippen molar-refractivity contribution in [2.75, 3.05) is 24.2 Å². The van der Waals surface area contributed by atoms with E-state index in [1.54, 1.807) is 42.1 Å². The minimum atomic E-state index is -4.10. The summed E-state index contributed by atoms with van der Waals surface area (Å²) in [6, 6.07) is 20.0. The number of amides is 1. The van der Waals surface area contributed by atoms with Crippen molar-refractivity contribution in [1.82, 2.24) is 5.43 Å². The monoisotopic (exact) mass is 503 g/mol. The number of benzene rings is 3. The molecule has 0 spiro atoms. The highest BCUT2D eigenvalue weighted by Gasteiger charge is 2.29. The van der Waals surface area contributed by atoms with Crippen LogP contribution in [0.2, 0.25) is 5.02 Å². The fraction of sp³-hybridized carbons (Fsp3) is 0.130. The molecule has 1 amide bonds. The number of thioether (sulfide) groups is 1. The first-order chi connectivity index (χ1) is 15.8. The molecule has 0 saturated heterocycles. The third-order valence-corrected chi connectivity index (χ3v) is 7.30. The topological polar surface area (TPSA) is 88.1 Å². The Morgan fingerprint density at radius 1 is 1.12 bits per heavy atom. The predicted molar refractivity (Wildman–Crippen MR) is 133 cm³/mol. The summed E-state index contributed by atoms with van der Waals surface area (Å²) in [7, 11) is -2.69. The maximum Gasteiger partial charge on any atom is 0.264 e. The van der Waals surface area contributed by atoms with E-state index in [2.05, 4.69) is 10.5 Å². The zero-order valence-corrected chi connectivity index (χ0v) is 20.3. The van der Waals surface area contributed by atoms with E-state index in [0.717, 1.165) is 14.8 Å². The first-order valence-corrected chi connectivity index (χ1v) is 12.8. The van der Waals surface area contributed by atoms with Gasteiger partial charge < -0.3 is 4.74 Å². The van der Waals surface area contributed by atoms with Crippen molar-refractivity contribution in [3.63, 3.8) is 0 Å². The van der Waals surface area contributed by atoms with Crippen molar-refractivity contribution in [2.24, 2.45) is 5.10 Å². The van der Waals surface area contributed by atoms with Gasteiger partial charge >= 0.3 is 0 Å². The number of nitrogens with one attached hydrogen (secondary N) is 1. The number of hydrogen-bond donors (Lipinski definition) is 1.